The largest absolute Gasteiger partial charge is 0.375 e. The Morgan fingerprint density at radius 3 is 2.35 bits per heavy atom. The first-order valence-corrected chi connectivity index (χ1v) is 9.46. The lowest BCUT2D eigenvalue weighted by atomic mass is 10.0. The molecule has 0 atom stereocenters. The topological polar surface area (TPSA) is 87.7 Å². The molecule has 0 bridgehead atoms. The second-order valence-electron chi connectivity index (χ2n) is 7.03. The highest BCUT2D eigenvalue weighted by molar-refractivity contribution is 5.88. The Kier molecular flexibility index (Phi) is 8.38. The van der Waals surface area contributed by atoms with Crippen LogP contribution in [0.4, 0.5) is 19.4 Å². The highest BCUT2D eigenvalue weighted by Gasteiger charge is 2.27. The van der Waals surface area contributed by atoms with Gasteiger partial charge in [0.2, 0.25) is 5.91 Å². The first-order valence-electron chi connectivity index (χ1n) is 9.46. The molecule has 1 fully saturated rings. The quantitative estimate of drug-likeness (QED) is 0.780. The standard InChI is InChI=1S/C20H23F2N5O3.CH4/c1-26(16-3-5-27(6-4-16)19(28)12-30-2)20(29)25-18-11-23-17(10-24-18)13-7-14(21)9-15(22)8-13;/h7-11,16H,3-6,12H2,1-2H3,(H,24,25,29);1H4. The fraction of sp³-hybridized carbons (Fsp3) is 0.429. The minimum Gasteiger partial charge on any atom is -0.375 e. The van der Waals surface area contributed by atoms with Crippen LogP contribution < -0.4 is 5.32 Å². The van der Waals surface area contributed by atoms with Crippen LogP contribution in [-0.2, 0) is 9.53 Å². The van der Waals surface area contributed by atoms with Crippen molar-refractivity contribution in [1.82, 2.24) is 19.8 Å². The van der Waals surface area contributed by atoms with E-state index in [-0.39, 0.29) is 49.1 Å². The molecule has 1 aliphatic rings. The molecule has 1 aromatic heterocycles. The number of nitrogens with one attached hydrogen (secondary N) is 1. The van der Waals surface area contributed by atoms with Gasteiger partial charge in [0.15, 0.2) is 5.82 Å². The molecule has 1 saturated heterocycles. The van der Waals surface area contributed by atoms with Gasteiger partial charge in [0.25, 0.3) is 0 Å². The average molecular weight is 435 g/mol. The number of carbonyl (C=O) groups is 2. The van der Waals surface area contributed by atoms with Gasteiger partial charge in [-0.1, -0.05) is 7.43 Å². The first-order chi connectivity index (χ1) is 14.4. The van der Waals surface area contributed by atoms with Crippen LogP contribution in [0.3, 0.4) is 0 Å². The summed E-state index contributed by atoms with van der Waals surface area (Å²) in [6.45, 7) is 1.17. The monoisotopic (exact) mass is 435 g/mol. The maximum atomic E-state index is 13.4. The van der Waals surface area contributed by atoms with Gasteiger partial charge in [0.05, 0.1) is 18.1 Å². The number of benzene rings is 1. The molecule has 168 valence electrons. The predicted molar refractivity (Wildman–Crippen MR) is 112 cm³/mol. The molecule has 1 aliphatic heterocycles. The summed E-state index contributed by atoms with van der Waals surface area (Å²) in [5.41, 5.74) is 0.539. The van der Waals surface area contributed by atoms with Gasteiger partial charge in [-0.3, -0.25) is 15.1 Å². The Morgan fingerprint density at radius 1 is 1.16 bits per heavy atom. The molecular weight excluding hydrogens is 408 g/mol. The number of hydrogen-bond donors (Lipinski definition) is 1. The van der Waals surface area contributed by atoms with E-state index in [4.69, 9.17) is 4.74 Å². The molecule has 1 N–H and O–H groups in total. The molecule has 0 unspecified atom stereocenters. The number of amides is 3. The van der Waals surface area contributed by atoms with Gasteiger partial charge in [-0.05, 0) is 25.0 Å². The summed E-state index contributed by atoms with van der Waals surface area (Å²) in [5, 5.41) is 2.66. The summed E-state index contributed by atoms with van der Waals surface area (Å²) in [7, 11) is 3.17. The molecule has 0 saturated carbocycles. The number of carbonyl (C=O) groups excluding carboxylic acids is 2. The number of anilines is 1. The summed E-state index contributed by atoms with van der Waals surface area (Å²) in [6.07, 6.45) is 3.99. The molecule has 0 aliphatic carbocycles. The number of piperidine rings is 1. The molecule has 3 amide bonds. The second-order valence-corrected chi connectivity index (χ2v) is 7.03. The molecule has 0 spiro atoms. The summed E-state index contributed by atoms with van der Waals surface area (Å²) < 4.78 is 31.6. The van der Waals surface area contributed by atoms with Crippen LogP contribution in [0.25, 0.3) is 11.3 Å². The van der Waals surface area contributed by atoms with E-state index in [2.05, 4.69) is 15.3 Å². The van der Waals surface area contributed by atoms with Gasteiger partial charge in [0, 0.05) is 44.9 Å². The molecule has 2 aromatic rings. The first kappa shape index (κ1) is 24.1. The van der Waals surface area contributed by atoms with Gasteiger partial charge >= 0.3 is 6.03 Å². The maximum Gasteiger partial charge on any atom is 0.323 e. The maximum absolute atomic E-state index is 13.4. The fourth-order valence-corrected chi connectivity index (χ4v) is 3.32. The minimum atomic E-state index is -0.708. The Morgan fingerprint density at radius 2 is 1.81 bits per heavy atom. The van der Waals surface area contributed by atoms with Gasteiger partial charge < -0.3 is 14.5 Å². The smallest absolute Gasteiger partial charge is 0.323 e. The number of nitrogens with zero attached hydrogens (tertiary/aromatic N) is 4. The minimum absolute atomic E-state index is 0. The zero-order chi connectivity index (χ0) is 21.7. The fourth-order valence-electron chi connectivity index (χ4n) is 3.32. The molecule has 10 heteroatoms. The zero-order valence-corrected chi connectivity index (χ0v) is 16.8. The number of methoxy groups -OCH3 is 1. The van der Waals surface area contributed by atoms with Crippen LogP contribution in [0.5, 0.6) is 0 Å². The van der Waals surface area contributed by atoms with Crippen molar-refractivity contribution < 1.29 is 23.1 Å². The third-order valence-corrected chi connectivity index (χ3v) is 5.00. The van der Waals surface area contributed by atoms with Crippen LogP contribution in [0.15, 0.2) is 30.6 Å². The Hall–Kier alpha value is -3.14. The molecule has 0 radical (unpaired) electrons. The molecule has 3 rings (SSSR count). The van der Waals surface area contributed by atoms with E-state index in [1.54, 1.807) is 16.8 Å². The Labute approximate surface area is 180 Å². The molecule has 2 heterocycles. The van der Waals surface area contributed by atoms with E-state index in [1.807, 2.05) is 0 Å². The molecule has 8 nitrogen and oxygen atoms in total. The van der Waals surface area contributed by atoms with E-state index in [1.165, 1.54) is 19.5 Å². The van der Waals surface area contributed by atoms with E-state index in [0.29, 0.717) is 25.9 Å². The number of halogens is 2. The van der Waals surface area contributed by atoms with E-state index in [9.17, 15) is 18.4 Å². The third-order valence-electron chi connectivity index (χ3n) is 5.00. The number of rotatable bonds is 5. The summed E-state index contributed by atoms with van der Waals surface area (Å²) in [4.78, 5) is 35.9. The predicted octanol–water partition coefficient (Wildman–Crippen LogP) is 3.16. The summed E-state index contributed by atoms with van der Waals surface area (Å²) in [6, 6.07) is 2.72. The van der Waals surface area contributed by atoms with Crippen LogP contribution in [0.1, 0.15) is 20.3 Å². The highest BCUT2D eigenvalue weighted by atomic mass is 19.1. The lowest BCUT2D eigenvalue weighted by Crippen LogP contribution is -2.49. The number of hydrogen-bond acceptors (Lipinski definition) is 5. The van der Waals surface area contributed by atoms with Crippen molar-refractivity contribution in [2.75, 3.05) is 39.2 Å². The van der Waals surface area contributed by atoms with Crippen LogP contribution in [-0.4, -0.2) is 71.6 Å². The lowest BCUT2D eigenvalue weighted by molar-refractivity contribution is -0.136. The van der Waals surface area contributed by atoms with Crippen molar-refractivity contribution in [3.05, 3.63) is 42.2 Å². The lowest BCUT2D eigenvalue weighted by Gasteiger charge is -2.36. The summed E-state index contributed by atoms with van der Waals surface area (Å²) >= 11 is 0. The van der Waals surface area contributed by atoms with E-state index >= 15 is 0 Å². The van der Waals surface area contributed by atoms with E-state index < -0.39 is 11.6 Å². The van der Waals surface area contributed by atoms with Crippen LogP contribution in [0.2, 0.25) is 0 Å². The Bertz CT molecular complexity index is 882. The van der Waals surface area contributed by atoms with E-state index in [0.717, 1.165) is 18.2 Å². The van der Waals surface area contributed by atoms with Gasteiger partial charge in [-0.2, -0.15) is 0 Å². The molecule has 1 aromatic carbocycles. The van der Waals surface area contributed by atoms with Crippen LogP contribution >= 0.6 is 0 Å². The van der Waals surface area contributed by atoms with Gasteiger partial charge in [0.1, 0.15) is 18.2 Å². The summed E-state index contributed by atoms with van der Waals surface area (Å²) in [5.74, 6) is -1.25. The molecular formula is C21H27F2N5O3. The van der Waals surface area contributed by atoms with Crippen molar-refractivity contribution >= 4 is 17.8 Å². The Balaban J connectivity index is 0.00000341. The molecule has 31 heavy (non-hydrogen) atoms. The normalized spacial score (nSPS) is 14.0. The number of likely N-dealkylation sites (tertiary alicyclic amines) is 1. The van der Waals surface area contributed by atoms with Gasteiger partial charge in [-0.25, -0.2) is 18.6 Å². The van der Waals surface area contributed by atoms with Crippen molar-refractivity contribution in [2.24, 2.45) is 0 Å². The zero-order valence-electron chi connectivity index (χ0n) is 16.8. The number of urea groups is 1. The average Bonchev–Trinajstić information content (AvgIpc) is 2.73. The SMILES string of the molecule is C.COCC(=O)N1CCC(N(C)C(=O)Nc2cnc(-c3cc(F)cc(F)c3)cn2)CC1. The highest BCUT2D eigenvalue weighted by Crippen LogP contribution is 2.20. The van der Waals surface area contributed by atoms with Crippen molar-refractivity contribution in [2.45, 2.75) is 26.3 Å². The van der Waals surface area contributed by atoms with Crippen molar-refractivity contribution in [3.63, 3.8) is 0 Å². The third kappa shape index (κ3) is 6.17. The van der Waals surface area contributed by atoms with Crippen molar-refractivity contribution in [1.29, 1.82) is 0 Å². The number of aromatic nitrogens is 2. The van der Waals surface area contributed by atoms with Crippen molar-refractivity contribution in [3.8, 4) is 11.3 Å². The second kappa shape index (κ2) is 10.8. The van der Waals surface area contributed by atoms with Crippen LogP contribution in [0, 0.1) is 11.6 Å². The van der Waals surface area contributed by atoms with Gasteiger partial charge in [-0.15, -0.1) is 0 Å². The number of ether oxygens (including phenoxy) is 1.